The summed E-state index contributed by atoms with van der Waals surface area (Å²) in [5.74, 6) is 3.41. The highest BCUT2D eigenvalue weighted by molar-refractivity contribution is 7.99. The topological polar surface area (TPSA) is 78.7 Å². The van der Waals surface area contributed by atoms with Crippen LogP contribution in [0, 0.1) is 0 Å². The summed E-state index contributed by atoms with van der Waals surface area (Å²) in [5.41, 5.74) is 2.01. The first-order valence-electron chi connectivity index (χ1n) is 11.7. The lowest BCUT2D eigenvalue weighted by Crippen LogP contribution is -2.32. The van der Waals surface area contributed by atoms with Gasteiger partial charge in [0, 0.05) is 18.7 Å². The van der Waals surface area contributed by atoms with Crippen LogP contribution in [0.4, 0.5) is 0 Å². The molecule has 0 bridgehead atoms. The molecule has 0 unspecified atom stereocenters. The lowest BCUT2D eigenvalue weighted by Gasteiger charge is -2.26. The van der Waals surface area contributed by atoms with Crippen molar-refractivity contribution < 1.29 is 19.0 Å². The second-order valence-electron chi connectivity index (χ2n) is 8.37. The van der Waals surface area contributed by atoms with Crippen molar-refractivity contribution in [2.45, 2.75) is 30.6 Å². The van der Waals surface area contributed by atoms with Gasteiger partial charge in [0.05, 0.1) is 18.9 Å². The molecule has 3 aromatic rings. The van der Waals surface area contributed by atoms with Crippen molar-refractivity contribution in [2.75, 3.05) is 32.6 Å². The predicted octanol–water partition coefficient (Wildman–Crippen LogP) is 4.37. The minimum Gasteiger partial charge on any atom is -0.497 e. The molecule has 5 rings (SSSR count). The van der Waals surface area contributed by atoms with Crippen LogP contribution in [0.15, 0.2) is 60.3 Å². The smallest absolute Gasteiger partial charge is 0.233 e. The number of benzene rings is 2. The van der Waals surface area contributed by atoms with Crippen LogP contribution in [0.25, 0.3) is 11.4 Å². The van der Waals surface area contributed by atoms with Crippen LogP contribution in [0.1, 0.15) is 24.4 Å². The van der Waals surface area contributed by atoms with Crippen molar-refractivity contribution in [1.29, 1.82) is 0 Å². The van der Waals surface area contributed by atoms with Crippen molar-refractivity contribution in [3.63, 3.8) is 0 Å². The van der Waals surface area contributed by atoms with Crippen LogP contribution in [0.5, 0.6) is 17.2 Å². The Balaban J connectivity index is 1.29. The highest BCUT2D eigenvalue weighted by Crippen LogP contribution is 2.38. The number of ether oxygens (including phenoxy) is 3. The van der Waals surface area contributed by atoms with E-state index in [0.717, 1.165) is 53.6 Å². The number of carbonyl (C=O) groups is 1. The van der Waals surface area contributed by atoms with E-state index in [1.165, 1.54) is 11.8 Å². The second kappa shape index (κ2) is 10.4. The Bertz CT molecular complexity index is 1210. The molecular formula is C26H28N4O4S. The number of likely N-dealkylation sites (tertiary alicyclic amines) is 1. The van der Waals surface area contributed by atoms with Crippen molar-refractivity contribution in [1.82, 2.24) is 19.7 Å². The Morgan fingerprint density at radius 1 is 1.17 bits per heavy atom. The Labute approximate surface area is 208 Å². The summed E-state index contributed by atoms with van der Waals surface area (Å²) in [6.07, 6.45) is 3.72. The first-order chi connectivity index (χ1) is 17.2. The van der Waals surface area contributed by atoms with Crippen LogP contribution >= 0.6 is 11.8 Å². The monoisotopic (exact) mass is 492 g/mol. The van der Waals surface area contributed by atoms with E-state index in [0.29, 0.717) is 30.7 Å². The van der Waals surface area contributed by atoms with E-state index < -0.39 is 0 Å². The summed E-state index contributed by atoms with van der Waals surface area (Å²) in [6, 6.07) is 13.7. The first kappa shape index (κ1) is 23.3. The van der Waals surface area contributed by atoms with Crippen LogP contribution in [0.3, 0.4) is 0 Å². The lowest BCUT2D eigenvalue weighted by atomic mass is 10.0. The molecule has 1 aromatic heterocycles. The summed E-state index contributed by atoms with van der Waals surface area (Å²) < 4.78 is 18.6. The van der Waals surface area contributed by atoms with E-state index in [-0.39, 0.29) is 11.9 Å². The maximum absolute atomic E-state index is 13.3. The molecule has 2 aromatic carbocycles. The van der Waals surface area contributed by atoms with Gasteiger partial charge in [-0.3, -0.25) is 9.36 Å². The average Bonchev–Trinajstić information content (AvgIpc) is 3.55. The van der Waals surface area contributed by atoms with Crippen LogP contribution in [-0.2, 0) is 11.3 Å². The summed E-state index contributed by atoms with van der Waals surface area (Å²) in [6.45, 7) is 6.28. The lowest BCUT2D eigenvalue weighted by molar-refractivity contribution is -0.129. The maximum Gasteiger partial charge on any atom is 0.233 e. The molecule has 1 amide bonds. The highest BCUT2D eigenvalue weighted by atomic mass is 32.2. The number of carbonyl (C=O) groups excluding carboxylic acids is 1. The largest absolute Gasteiger partial charge is 0.497 e. The number of aromatic nitrogens is 3. The highest BCUT2D eigenvalue weighted by Gasteiger charge is 2.31. The number of nitrogens with zero attached hydrogens (tertiary/aromatic N) is 4. The molecule has 0 aliphatic carbocycles. The van der Waals surface area contributed by atoms with Gasteiger partial charge in [-0.05, 0) is 54.8 Å². The van der Waals surface area contributed by atoms with Crippen LogP contribution in [0.2, 0.25) is 0 Å². The Hall–Kier alpha value is -3.46. The minimum atomic E-state index is 0.0415. The molecule has 0 saturated carbocycles. The SMILES string of the molecule is C=CCn1c(SCC(=O)N2CCC[C@@H]2c2ccc3c(c2)OCCO3)nnc1-c1ccc(OC)cc1. The number of thioether (sulfide) groups is 1. The van der Waals surface area contributed by atoms with Crippen LogP contribution in [-0.4, -0.2) is 58.2 Å². The fraction of sp³-hybridized carbons (Fsp3) is 0.346. The molecule has 2 aliphatic heterocycles. The summed E-state index contributed by atoms with van der Waals surface area (Å²) >= 11 is 1.41. The van der Waals surface area contributed by atoms with Crippen molar-refractivity contribution in [3.05, 3.63) is 60.7 Å². The number of allylic oxidation sites excluding steroid dienone is 1. The number of hydrogen-bond donors (Lipinski definition) is 0. The van der Waals surface area contributed by atoms with Gasteiger partial charge in [0.25, 0.3) is 0 Å². The predicted molar refractivity (Wildman–Crippen MR) is 134 cm³/mol. The van der Waals surface area contributed by atoms with Gasteiger partial charge in [-0.1, -0.05) is 23.9 Å². The van der Waals surface area contributed by atoms with Gasteiger partial charge >= 0.3 is 0 Å². The fourth-order valence-electron chi connectivity index (χ4n) is 4.53. The standard InChI is InChI=1S/C26H28N4O4S/c1-3-12-30-25(18-6-9-20(32-2)10-7-18)27-28-26(30)35-17-24(31)29-13-4-5-21(29)19-8-11-22-23(16-19)34-15-14-33-22/h3,6-11,16,21H,1,4-5,12-15,17H2,2H3/t21-/m1/s1. The quantitative estimate of drug-likeness (QED) is 0.341. The van der Waals surface area contributed by atoms with Gasteiger partial charge in [0.1, 0.15) is 19.0 Å². The van der Waals surface area contributed by atoms with Gasteiger partial charge in [-0.15, -0.1) is 16.8 Å². The third-order valence-electron chi connectivity index (χ3n) is 6.23. The first-order valence-corrected chi connectivity index (χ1v) is 12.7. The Kier molecular flexibility index (Phi) is 6.94. The van der Waals surface area contributed by atoms with Gasteiger partial charge in [-0.2, -0.15) is 0 Å². The minimum absolute atomic E-state index is 0.0415. The number of fused-ring (bicyclic) bond motifs is 1. The molecule has 1 saturated heterocycles. The molecule has 9 heteroatoms. The number of hydrogen-bond acceptors (Lipinski definition) is 7. The summed E-state index contributed by atoms with van der Waals surface area (Å²) in [5, 5.41) is 9.46. The Morgan fingerprint density at radius 3 is 2.74 bits per heavy atom. The van der Waals surface area contributed by atoms with E-state index in [1.54, 1.807) is 13.2 Å². The van der Waals surface area contributed by atoms with E-state index in [4.69, 9.17) is 14.2 Å². The maximum atomic E-state index is 13.3. The third-order valence-corrected chi connectivity index (χ3v) is 7.18. The molecule has 0 radical (unpaired) electrons. The normalized spacial score (nSPS) is 16.8. The summed E-state index contributed by atoms with van der Waals surface area (Å²) in [4.78, 5) is 15.2. The number of methoxy groups -OCH3 is 1. The molecule has 182 valence electrons. The molecule has 35 heavy (non-hydrogen) atoms. The molecule has 0 spiro atoms. The molecule has 2 aliphatic rings. The van der Waals surface area contributed by atoms with E-state index >= 15 is 0 Å². The Morgan fingerprint density at radius 2 is 1.97 bits per heavy atom. The van der Waals surface area contributed by atoms with E-state index in [2.05, 4.69) is 16.8 Å². The second-order valence-corrected chi connectivity index (χ2v) is 9.31. The molecule has 8 nitrogen and oxygen atoms in total. The zero-order valence-electron chi connectivity index (χ0n) is 19.7. The van der Waals surface area contributed by atoms with Crippen LogP contribution < -0.4 is 14.2 Å². The molecule has 0 N–H and O–H groups in total. The van der Waals surface area contributed by atoms with E-state index in [9.17, 15) is 4.79 Å². The van der Waals surface area contributed by atoms with Gasteiger partial charge in [-0.25, -0.2) is 0 Å². The zero-order chi connectivity index (χ0) is 24.2. The number of amides is 1. The molecule has 1 atom stereocenters. The van der Waals surface area contributed by atoms with Gasteiger partial charge < -0.3 is 19.1 Å². The molecular weight excluding hydrogens is 464 g/mol. The van der Waals surface area contributed by atoms with Crippen molar-refractivity contribution >= 4 is 17.7 Å². The third kappa shape index (κ3) is 4.86. The number of rotatable bonds is 8. The van der Waals surface area contributed by atoms with Crippen molar-refractivity contribution in [2.24, 2.45) is 0 Å². The zero-order valence-corrected chi connectivity index (χ0v) is 20.5. The van der Waals surface area contributed by atoms with E-state index in [1.807, 2.05) is 51.9 Å². The average molecular weight is 493 g/mol. The molecule has 3 heterocycles. The summed E-state index contributed by atoms with van der Waals surface area (Å²) in [7, 11) is 1.64. The van der Waals surface area contributed by atoms with Crippen molar-refractivity contribution in [3.8, 4) is 28.6 Å². The fourth-order valence-corrected chi connectivity index (χ4v) is 5.36. The van der Waals surface area contributed by atoms with Gasteiger partial charge in [0.2, 0.25) is 5.91 Å². The van der Waals surface area contributed by atoms with Gasteiger partial charge in [0.15, 0.2) is 22.5 Å². The molecule has 1 fully saturated rings.